The summed E-state index contributed by atoms with van der Waals surface area (Å²) < 4.78 is 27.3. The average Bonchev–Trinajstić information content (AvgIpc) is 3.36. The first-order valence-corrected chi connectivity index (χ1v) is 11.5. The zero-order valence-corrected chi connectivity index (χ0v) is 17.0. The molecule has 0 atom stereocenters. The molecule has 1 saturated carbocycles. The second-order valence-corrected chi connectivity index (χ2v) is 9.33. The van der Waals surface area contributed by atoms with Crippen molar-refractivity contribution in [2.75, 3.05) is 5.32 Å². The molecule has 3 aromatic rings. The van der Waals surface area contributed by atoms with Crippen LogP contribution in [-0.4, -0.2) is 35.5 Å². The van der Waals surface area contributed by atoms with Crippen molar-refractivity contribution in [1.29, 1.82) is 0 Å². The lowest BCUT2D eigenvalue weighted by molar-refractivity contribution is 0.102. The third kappa shape index (κ3) is 5.22. The van der Waals surface area contributed by atoms with Crippen molar-refractivity contribution in [2.24, 2.45) is 0 Å². The number of carbonyl (C=O) groups is 1. The summed E-state index contributed by atoms with van der Waals surface area (Å²) in [6, 6.07) is 13.5. The number of aromatic nitrogens is 3. The van der Waals surface area contributed by atoms with E-state index in [9.17, 15) is 13.2 Å². The van der Waals surface area contributed by atoms with Crippen LogP contribution >= 0.6 is 11.8 Å². The van der Waals surface area contributed by atoms with Gasteiger partial charge in [-0.3, -0.25) is 9.89 Å². The minimum Gasteiger partial charge on any atom is -0.322 e. The third-order valence-electron chi connectivity index (χ3n) is 4.29. The number of hydrogen-bond donors (Lipinski definition) is 3. The van der Waals surface area contributed by atoms with Crippen LogP contribution in [0.4, 0.5) is 5.69 Å². The van der Waals surface area contributed by atoms with E-state index < -0.39 is 10.0 Å². The van der Waals surface area contributed by atoms with Crippen molar-refractivity contribution < 1.29 is 13.2 Å². The van der Waals surface area contributed by atoms with E-state index in [4.69, 9.17) is 0 Å². The molecule has 1 amide bonds. The number of aromatic amines is 1. The quantitative estimate of drug-likeness (QED) is 0.474. The van der Waals surface area contributed by atoms with Crippen molar-refractivity contribution in [1.82, 2.24) is 19.9 Å². The lowest BCUT2D eigenvalue weighted by Crippen LogP contribution is -2.25. The average molecular weight is 430 g/mol. The van der Waals surface area contributed by atoms with Crippen LogP contribution in [0.1, 0.15) is 28.8 Å². The van der Waals surface area contributed by atoms with Crippen molar-refractivity contribution in [3.8, 4) is 0 Å². The summed E-state index contributed by atoms with van der Waals surface area (Å²) in [5.74, 6) is 0.398. The molecular formula is C19H19N5O3S2. The van der Waals surface area contributed by atoms with Crippen molar-refractivity contribution in [3.63, 3.8) is 0 Å². The van der Waals surface area contributed by atoms with Crippen molar-refractivity contribution >= 4 is 33.4 Å². The maximum atomic E-state index is 12.5. The third-order valence-corrected chi connectivity index (χ3v) is 6.75. The van der Waals surface area contributed by atoms with Gasteiger partial charge in [0.15, 0.2) is 5.16 Å². The number of H-pyrrole nitrogens is 1. The zero-order valence-electron chi connectivity index (χ0n) is 15.3. The number of anilines is 1. The second kappa shape index (κ2) is 8.36. The number of hydrogen-bond acceptors (Lipinski definition) is 6. The number of rotatable bonds is 8. The summed E-state index contributed by atoms with van der Waals surface area (Å²) in [4.78, 5) is 16.7. The molecule has 10 heteroatoms. The van der Waals surface area contributed by atoms with E-state index in [-0.39, 0.29) is 16.8 Å². The highest BCUT2D eigenvalue weighted by Crippen LogP contribution is 2.24. The van der Waals surface area contributed by atoms with E-state index in [0.717, 1.165) is 23.6 Å². The van der Waals surface area contributed by atoms with Gasteiger partial charge in [-0.25, -0.2) is 18.1 Å². The molecule has 1 aliphatic rings. The Labute approximate surface area is 172 Å². The molecule has 0 unspecified atom stereocenters. The highest BCUT2D eigenvalue weighted by atomic mass is 32.2. The van der Waals surface area contributed by atoms with Crippen LogP contribution in [0.25, 0.3) is 0 Å². The topological polar surface area (TPSA) is 117 Å². The molecule has 1 aliphatic carbocycles. The largest absolute Gasteiger partial charge is 0.322 e. The fourth-order valence-electron chi connectivity index (χ4n) is 2.60. The van der Waals surface area contributed by atoms with Crippen LogP contribution in [-0.2, 0) is 15.8 Å². The summed E-state index contributed by atoms with van der Waals surface area (Å²) >= 11 is 1.52. The number of amides is 1. The molecule has 1 aromatic heterocycles. The Balaban J connectivity index is 1.39. The first-order chi connectivity index (χ1) is 14.0. The summed E-state index contributed by atoms with van der Waals surface area (Å²) in [5.41, 5.74) is 1.96. The predicted octanol–water partition coefficient (Wildman–Crippen LogP) is 2.79. The van der Waals surface area contributed by atoms with Crippen LogP contribution in [0.15, 0.2) is 64.9 Å². The molecule has 0 aliphatic heterocycles. The number of nitrogens with zero attached hydrogens (tertiary/aromatic N) is 2. The predicted molar refractivity (Wildman–Crippen MR) is 110 cm³/mol. The van der Waals surface area contributed by atoms with Crippen LogP contribution in [0.2, 0.25) is 0 Å². The highest BCUT2D eigenvalue weighted by molar-refractivity contribution is 7.98. The molecule has 0 bridgehead atoms. The van der Waals surface area contributed by atoms with Gasteiger partial charge < -0.3 is 5.32 Å². The van der Waals surface area contributed by atoms with E-state index >= 15 is 0 Å². The number of benzene rings is 2. The zero-order chi connectivity index (χ0) is 20.3. The number of nitrogens with one attached hydrogen (secondary N) is 3. The minimum absolute atomic E-state index is 0.0268. The van der Waals surface area contributed by atoms with Crippen molar-refractivity contribution in [2.45, 2.75) is 34.7 Å². The fourth-order valence-corrected chi connectivity index (χ4v) is 4.69. The van der Waals surface area contributed by atoms with Gasteiger partial charge in [-0.1, -0.05) is 30.0 Å². The molecule has 1 fully saturated rings. The van der Waals surface area contributed by atoms with E-state index in [0.29, 0.717) is 17.0 Å². The monoisotopic (exact) mass is 429 g/mol. The first kappa shape index (κ1) is 19.6. The van der Waals surface area contributed by atoms with Crippen molar-refractivity contribution in [3.05, 3.63) is 66.0 Å². The summed E-state index contributed by atoms with van der Waals surface area (Å²) in [6.45, 7) is 0. The van der Waals surface area contributed by atoms with Crippen LogP contribution in [0.3, 0.4) is 0 Å². The Hall–Kier alpha value is -2.69. The second-order valence-electron chi connectivity index (χ2n) is 6.65. The smallest absolute Gasteiger partial charge is 0.255 e. The van der Waals surface area contributed by atoms with Gasteiger partial charge in [-0.15, -0.1) is 0 Å². The SMILES string of the molecule is O=C(Nc1cccc(S(=O)(=O)NC2CC2)c1)c1ccc(CSc2ncn[nH]2)cc1. The maximum absolute atomic E-state index is 12.5. The molecule has 0 saturated heterocycles. The number of carbonyl (C=O) groups excluding carboxylic acids is 1. The molecule has 2 aromatic carbocycles. The Bertz CT molecular complexity index is 1100. The Morgan fingerprint density at radius 2 is 1.97 bits per heavy atom. The van der Waals surface area contributed by atoms with E-state index in [2.05, 4.69) is 25.2 Å². The molecule has 0 radical (unpaired) electrons. The fraction of sp³-hybridized carbons (Fsp3) is 0.211. The van der Waals surface area contributed by atoms with E-state index in [1.54, 1.807) is 24.3 Å². The Morgan fingerprint density at radius 1 is 1.17 bits per heavy atom. The van der Waals surface area contributed by atoms with Gasteiger partial charge in [0.25, 0.3) is 5.91 Å². The molecule has 8 nitrogen and oxygen atoms in total. The van der Waals surface area contributed by atoms with Gasteiger partial charge in [-0.05, 0) is 48.7 Å². The summed E-state index contributed by atoms with van der Waals surface area (Å²) in [6.07, 6.45) is 3.18. The van der Waals surface area contributed by atoms with Crippen LogP contribution in [0.5, 0.6) is 0 Å². The molecule has 4 rings (SSSR count). The van der Waals surface area contributed by atoms with Gasteiger partial charge in [0.05, 0.1) is 4.90 Å². The van der Waals surface area contributed by atoms with E-state index in [1.807, 2.05) is 12.1 Å². The number of thioether (sulfide) groups is 1. The van der Waals surface area contributed by atoms with Gasteiger partial charge in [0.2, 0.25) is 10.0 Å². The van der Waals surface area contributed by atoms with E-state index in [1.165, 1.54) is 30.2 Å². The first-order valence-electron chi connectivity index (χ1n) is 9.00. The number of sulfonamides is 1. The van der Waals surface area contributed by atoms with Gasteiger partial charge in [0.1, 0.15) is 6.33 Å². The molecule has 1 heterocycles. The lowest BCUT2D eigenvalue weighted by atomic mass is 10.1. The molecule has 0 spiro atoms. The van der Waals surface area contributed by atoms with Gasteiger partial charge in [0, 0.05) is 23.0 Å². The Kier molecular flexibility index (Phi) is 5.65. The van der Waals surface area contributed by atoms with Gasteiger partial charge in [-0.2, -0.15) is 5.10 Å². The highest BCUT2D eigenvalue weighted by Gasteiger charge is 2.28. The molecule has 150 valence electrons. The maximum Gasteiger partial charge on any atom is 0.255 e. The summed E-state index contributed by atoms with van der Waals surface area (Å²) in [5, 5.41) is 10.1. The van der Waals surface area contributed by atoms with Crippen LogP contribution in [0, 0.1) is 0 Å². The normalized spacial score (nSPS) is 13.9. The molecule has 29 heavy (non-hydrogen) atoms. The minimum atomic E-state index is -3.57. The van der Waals surface area contributed by atoms with Crippen LogP contribution < -0.4 is 10.0 Å². The Morgan fingerprint density at radius 3 is 2.66 bits per heavy atom. The molecular weight excluding hydrogens is 410 g/mol. The lowest BCUT2D eigenvalue weighted by Gasteiger charge is -2.09. The van der Waals surface area contributed by atoms with Gasteiger partial charge >= 0.3 is 0 Å². The standard InChI is InChI=1S/C19H19N5O3S2/c25-18(14-6-4-13(5-7-14)11-28-19-20-12-21-23-19)22-16-2-1-3-17(10-16)29(26,27)24-15-8-9-15/h1-7,10,12,15,24H,8-9,11H2,(H,22,25)(H,20,21,23). The molecule has 3 N–H and O–H groups in total. The summed E-state index contributed by atoms with van der Waals surface area (Å²) in [7, 11) is -3.57.